The summed E-state index contributed by atoms with van der Waals surface area (Å²) < 4.78 is 5.06. The third kappa shape index (κ3) is 5.21. The third-order valence-electron chi connectivity index (χ3n) is 2.47. The van der Waals surface area contributed by atoms with Crippen LogP contribution in [0.2, 0.25) is 0 Å². The molecular weight excluding hydrogens is 232 g/mol. The zero-order valence-corrected chi connectivity index (χ0v) is 11.6. The summed E-state index contributed by atoms with van der Waals surface area (Å²) in [5.41, 5.74) is 0.643. The molecule has 0 saturated carbocycles. The largest absolute Gasteiger partial charge is 0.444 e. The molecule has 0 aromatic rings. The molecule has 1 aliphatic rings. The van der Waals surface area contributed by atoms with Crippen LogP contribution in [0.1, 0.15) is 34.1 Å². The average molecular weight is 254 g/mol. The van der Waals surface area contributed by atoms with E-state index in [-0.39, 0.29) is 12.5 Å². The lowest BCUT2D eigenvalue weighted by Crippen LogP contribution is -2.43. The second kappa shape index (κ2) is 5.89. The first-order valence-electron chi connectivity index (χ1n) is 6.18. The summed E-state index contributed by atoms with van der Waals surface area (Å²) in [4.78, 5) is 25.0. The Morgan fingerprint density at radius 2 is 2.11 bits per heavy atom. The first-order valence-corrected chi connectivity index (χ1v) is 6.18. The van der Waals surface area contributed by atoms with Gasteiger partial charge in [0, 0.05) is 13.1 Å². The predicted octanol–water partition coefficient (Wildman–Crippen LogP) is 1.69. The zero-order chi connectivity index (χ0) is 13.8. The van der Waals surface area contributed by atoms with Gasteiger partial charge in [-0.25, -0.2) is 4.79 Å². The molecule has 0 aliphatic carbocycles. The molecule has 0 bridgehead atoms. The van der Waals surface area contributed by atoms with E-state index < -0.39 is 11.7 Å². The normalized spacial score (nSPS) is 16.0. The van der Waals surface area contributed by atoms with Crippen molar-refractivity contribution in [3.05, 3.63) is 11.6 Å². The first-order chi connectivity index (χ1) is 8.28. The number of ether oxygens (including phenoxy) is 1. The van der Waals surface area contributed by atoms with Crippen molar-refractivity contribution in [3.63, 3.8) is 0 Å². The van der Waals surface area contributed by atoms with Gasteiger partial charge in [0.1, 0.15) is 12.1 Å². The number of rotatable bonds is 2. The Morgan fingerprint density at radius 3 is 2.67 bits per heavy atom. The highest BCUT2D eigenvalue weighted by Crippen LogP contribution is 2.09. The smallest absolute Gasteiger partial charge is 0.408 e. The van der Waals surface area contributed by atoms with Crippen LogP contribution in [0.5, 0.6) is 0 Å². The SMILES string of the molecule is CC1=CCCN(C(=O)CNC(=O)OC(C)(C)C)C1. The molecule has 102 valence electrons. The van der Waals surface area contributed by atoms with Crippen LogP contribution < -0.4 is 5.32 Å². The van der Waals surface area contributed by atoms with Gasteiger partial charge in [-0.3, -0.25) is 4.79 Å². The maximum absolute atomic E-state index is 11.8. The summed E-state index contributed by atoms with van der Waals surface area (Å²) >= 11 is 0. The topological polar surface area (TPSA) is 58.6 Å². The standard InChI is InChI=1S/C13H22N2O3/c1-10-6-5-7-15(9-10)11(16)8-14-12(17)18-13(2,3)4/h6H,5,7-9H2,1-4H3,(H,14,17). The van der Waals surface area contributed by atoms with E-state index in [4.69, 9.17) is 4.74 Å². The zero-order valence-electron chi connectivity index (χ0n) is 11.6. The summed E-state index contributed by atoms with van der Waals surface area (Å²) in [7, 11) is 0. The lowest BCUT2D eigenvalue weighted by atomic mass is 10.1. The minimum absolute atomic E-state index is 0.0117. The van der Waals surface area contributed by atoms with Gasteiger partial charge in [-0.1, -0.05) is 11.6 Å². The molecule has 0 unspecified atom stereocenters. The number of carbonyl (C=O) groups excluding carboxylic acids is 2. The molecule has 2 amide bonds. The van der Waals surface area contributed by atoms with E-state index in [0.717, 1.165) is 6.42 Å². The van der Waals surface area contributed by atoms with Gasteiger partial charge in [0.05, 0.1) is 0 Å². The van der Waals surface area contributed by atoms with Crippen LogP contribution >= 0.6 is 0 Å². The van der Waals surface area contributed by atoms with Gasteiger partial charge < -0.3 is 15.0 Å². The molecule has 1 rings (SSSR count). The van der Waals surface area contributed by atoms with Crippen molar-refractivity contribution in [2.45, 2.75) is 39.7 Å². The van der Waals surface area contributed by atoms with E-state index in [1.54, 1.807) is 25.7 Å². The molecule has 0 atom stereocenters. The number of hydrogen-bond donors (Lipinski definition) is 1. The van der Waals surface area contributed by atoms with Gasteiger partial charge in [0.2, 0.25) is 5.91 Å². The second-order valence-electron chi connectivity index (χ2n) is 5.51. The maximum atomic E-state index is 11.8. The van der Waals surface area contributed by atoms with Crippen molar-refractivity contribution in [2.75, 3.05) is 19.6 Å². The predicted molar refractivity (Wildman–Crippen MR) is 69.2 cm³/mol. The van der Waals surface area contributed by atoms with Crippen LogP contribution in [0.25, 0.3) is 0 Å². The fraction of sp³-hybridized carbons (Fsp3) is 0.692. The Morgan fingerprint density at radius 1 is 1.44 bits per heavy atom. The quantitative estimate of drug-likeness (QED) is 0.763. The van der Waals surface area contributed by atoms with Crippen LogP contribution in [-0.2, 0) is 9.53 Å². The summed E-state index contributed by atoms with van der Waals surface area (Å²) in [5.74, 6) is -0.0756. The lowest BCUT2D eigenvalue weighted by Gasteiger charge is -2.26. The summed E-state index contributed by atoms with van der Waals surface area (Å²) in [6.07, 6.45) is 2.45. The molecule has 1 aliphatic heterocycles. The van der Waals surface area contributed by atoms with Crippen LogP contribution in [0.4, 0.5) is 4.79 Å². The Hall–Kier alpha value is -1.52. The van der Waals surface area contributed by atoms with E-state index in [1.807, 2.05) is 6.92 Å². The molecule has 18 heavy (non-hydrogen) atoms. The van der Waals surface area contributed by atoms with Gasteiger partial charge in [0.25, 0.3) is 0 Å². The summed E-state index contributed by atoms with van der Waals surface area (Å²) in [6, 6.07) is 0. The van der Waals surface area contributed by atoms with Crippen molar-refractivity contribution in [3.8, 4) is 0 Å². The molecule has 1 heterocycles. The minimum Gasteiger partial charge on any atom is -0.444 e. The van der Waals surface area contributed by atoms with E-state index in [1.165, 1.54) is 5.57 Å². The number of nitrogens with zero attached hydrogens (tertiary/aromatic N) is 1. The van der Waals surface area contributed by atoms with Crippen molar-refractivity contribution >= 4 is 12.0 Å². The van der Waals surface area contributed by atoms with Crippen molar-refractivity contribution in [2.24, 2.45) is 0 Å². The highest BCUT2D eigenvalue weighted by atomic mass is 16.6. The molecule has 5 nitrogen and oxygen atoms in total. The summed E-state index contributed by atoms with van der Waals surface area (Å²) in [5, 5.41) is 2.48. The molecule has 5 heteroatoms. The monoisotopic (exact) mass is 254 g/mol. The molecule has 0 spiro atoms. The number of carbonyl (C=O) groups is 2. The maximum Gasteiger partial charge on any atom is 0.408 e. The Kier molecular flexibility index (Phi) is 4.76. The summed E-state index contributed by atoms with van der Waals surface area (Å²) in [6.45, 7) is 8.71. The number of alkyl carbamates (subject to hydrolysis) is 1. The number of amides is 2. The Labute approximate surface area is 108 Å². The molecule has 0 radical (unpaired) electrons. The number of nitrogens with one attached hydrogen (secondary N) is 1. The van der Waals surface area contributed by atoms with Gasteiger partial charge in [-0.15, -0.1) is 0 Å². The number of hydrogen-bond acceptors (Lipinski definition) is 3. The Balaban J connectivity index is 2.33. The van der Waals surface area contributed by atoms with E-state index in [9.17, 15) is 9.59 Å². The highest BCUT2D eigenvalue weighted by molar-refractivity contribution is 5.82. The van der Waals surface area contributed by atoms with Crippen LogP contribution in [0.3, 0.4) is 0 Å². The highest BCUT2D eigenvalue weighted by Gasteiger charge is 2.19. The van der Waals surface area contributed by atoms with Crippen LogP contribution in [0, 0.1) is 0 Å². The van der Waals surface area contributed by atoms with Gasteiger partial charge in [-0.05, 0) is 34.1 Å². The molecule has 0 aromatic heterocycles. The van der Waals surface area contributed by atoms with E-state index in [2.05, 4.69) is 11.4 Å². The molecular formula is C13H22N2O3. The van der Waals surface area contributed by atoms with Crippen LogP contribution in [0.15, 0.2) is 11.6 Å². The van der Waals surface area contributed by atoms with Crippen LogP contribution in [-0.4, -0.2) is 42.1 Å². The fourth-order valence-electron chi connectivity index (χ4n) is 1.70. The van der Waals surface area contributed by atoms with E-state index in [0.29, 0.717) is 13.1 Å². The van der Waals surface area contributed by atoms with Crippen molar-refractivity contribution < 1.29 is 14.3 Å². The fourth-order valence-corrected chi connectivity index (χ4v) is 1.70. The van der Waals surface area contributed by atoms with Gasteiger partial charge >= 0.3 is 6.09 Å². The van der Waals surface area contributed by atoms with Crippen molar-refractivity contribution in [1.82, 2.24) is 10.2 Å². The Bertz CT molecular complexity index is 356. The van der Waals surface area contributed by atoms with Gasteiger partial charge in [-0.2, -0.15) is 0 Å². The van der Waals surface area contributed by atoms with Crippen molar-refractivity contribution in [1.29, 1.82) is 0 Å². The third-order valence-corrected chi connectivity index (χ3v) is 2.47. The average Bonchev–Trinajstić information content (AvgIpc) is 2.23. The second-order valence-corrected chi connectivity index (χ2v) is 5.51. The first kappa shape index (κ1) is 14.5. The molecule has 0 aromatic carbocycles. The molecule has 1 N–H and O–H groups in total. The minimum atomic E-state index is -0.555. The van der Waals surface area contributed by atoms with Gasteiger partial charge in [0.15, 0.2) is 0 Å². The lowest BCUT2D eigenvalue weighted by molar-refractivity contribution is -0.130. The van der Waals surface area contributed by atoms with E-state index >= 15 is 0 Å². The molecule has 0 saturated heterocycles. The molecule has 0 fully saturated rings.